The van der Waals surface area contributed by atoms with E-state index in [0.717, 1.165) is 51.3 Å². The molecule has 2 heterocycles. The van der Waals surface area contributed by atoms with E-state index in [0.29, 0.717) is 0 Å². The maximum absolute atomic E-state index is 11.7. The van der Waals surface area contributed by atoms with Crippen LogP contribution >= 0.6 is 0 Å². The quantitative estimate of drug-likeness (QED) is 0.839. The summed E-state index contributed by atoms with van der Waals surface area (Å²) in [6.45, 7) is 5.95. The summed E-state index contributed by atoms with van der Waals surface area (Å²) in [5, 5.41) is 6.14. The molecular weight excluding hydrogens is 264 g/mol. The standard InChI is InChI=1S/C16H26N4O/c1-3-8-18-15-14(5-4-9-19-15)12-20-10-6-13(7-11-20)16(21)17-2/h4-5,9,13H,3,6-8,10-12H2,1-2H3,(H,17,21)(H,18,19). The van der Waals surface area contributed by atoms with Crippen molar-refractivity contribution in [2.75, 3.05) is 32.0 Å². The Bertz CT molecular complexity index is 455. The summed E-state index contributed by atoms with van der Waals surface area (Å²) in [6, 6.07) is 4.12. The SMILES string of the molecule is CCCNc1ncccc1CN1CCC(C(=O)NC)CC1. The van der Waals surface area contributed by atoms with Gasteiger partial charge in [0.05, 0.1) is 0 Å². The van der Waals surface area contributed by atoms with E-state index in [-0.39, 0.29) is 11.8 Å². The molecule has 1 aliphatic rings. The first-order valence-electron chi connectivity index (χ1n) is 7.86. The van der Waals surface area contributed by atoms with Crippen LogP contribution in [0.2, 0.25) is 0 Å². The van der Waals surface area contributed by atoms with Crippen LogP contribution in [0.15, 0.2) is 18.3 Å². The number of nitrogens with zero attached hydrogens (tertiary/aromatic N) is 2. The van der Waals surface area contributed by atoms with Gasteiger partial charge in [-0.05, 0) is 38.4 Å². The van der Waals surface area contributed by atoms with E-state index in [9.17, 15) is 4.79 Å². The molecular formula is C16H26N4O. The van der Waals surface area contributed by atoms with E-state index >= 15 is 0 Å². The second kappa shape index (κ2) is 7.98. The highest BCUT2D eigenvalue weighted by atomic mass is 16.1. The fourth-order valence-electron chi connectivity index (χ4n) is 2.77. The first-order valence-corrected chi connectivity index (χ1v) is 7.86. The Morgan fingerprint density at radius 3 is 2.86 bits per heavy atom. The van der Waals surface area contributed by atoms with Crippen LogP contribution in [0, 0.1) is 5.92 Å². The lowest BCUT2D eigenvalue weighted by molar-refractivity contribution is -0.125. The molecule has 2 N–H and O–H groups in total. The number of carbonyl (C=O) groups is 1. The van der Waals surface area contributed by atoms with Crippen molar-refractivity contribution in [3.8, 4) is 0 Å². The third kappa shape index (κ3) is 4.43. The summed E-state index contributed by atoms with van der Waals surface area (Å²) in [6.07, 6.45) is 4.81. The molecule has 21 heavy (non-hydrogen) atoms. The van der Waals surface area contributed by atoms with Crippen LogP contribution in [0.4, 0.5) is 5.82 Å². The highest BCUT2D eigenvalue weighted by Crippen LogP contribution is 2.21. The van der Waals surface area contributed by atoms with Gasteiger partial charge in [0.1, 0.15) is 5.82 Å². The molecule has 0 aliphatic carbocycles. The lowest BCUT2D eigenvalue weighted by Crippen LogP contribution is -2.39. The van der Waals surface area contributed by atoms with Gasteiger partial charge >= 0.3 is 0 Å². The average Bonchev–Trinajstić information content (AvgIpc) is 2.54. The van der Waals surface area contributed by atoms with Crippen LogP contribution in [-0.4, -0.2) is 42.5 Å². The Morgan fingerprint density at radius 1 is 1.43 bits per heavy atom. The Morgan fingerprint density at radius 2 is 2.19 bits per heavy atom. The molecule has 2 rings (SSSR count). The van der Waals surface area contributed by atoms with Crippen molar-refractivity contribution in [2.45, 2.75) is 32.7 Å². The van der Waals surface area contributed by atoms with Gasteiger partial charge in [-0.2, -0.15) is 0 Å². The van der Waals surface area contributed by atoms with Crippen molar-refractivity contribution in [2.24, 2.45) is 5.92 Å². The number of pyridine rings is 1. The van der Waals surface area contributed by atoms with E-state index in [1.165, 1.54) is 5.56 Å². The maximum Gasteiger partial charge on any atom is 0.222 e. The Labute approximate surface area is 127 Å². The molecule has 1 aliphatic heterocycles. The van der Waals surface area contributed by atoms with Crippen molar-refractivity contribution >= 4 is 11.7 Å². The van der Waals surface area contributed by atoms with Gasteiger partial charge < -0.3 is 10.6 Å². The lowest BCUT2D eigenvalue weighted by Gasteiger charge is -2.31. The van der Waals surface area contributed by atoms with Crippen molar-refractivity contribution in [3.63, 3.8) is 0 Å². The van der Waals surface area contributed by atoms with Crippen LogP contribution in [0.25, 0.3) is 0 Å². The molecule has 0 saturated carbocycles. The van der Waals surface area contributed by atoms with E-state index < -0.39 is 0 Å². The van der Waals surface area contributed by atoms with Crippen LogP contribution in [0.1, 0.15) is 31.7 Å². The molecule has 1 fully saturated rings. The molecule has 0 atom stereocenters. The van der Waals surface area contributed by atoms with Crippen LogP contribution in [0.3, 0.4) is 0 Å². The molecule has 0 unspecified atom stereocenters. The zero-order chi connectivity index (χ0) is 15.1. The highest BCUT2D eigenvalue weighted by molar-refractivity contribution is 5.78. The lowest BCUT2D eigenvalue weighted by atomic mass is 9.95. The minimum Gasteiger partial charge on any atom is -0.370 e. The van der Waals surface area contributed by atoms with E-state index in [2.05, 4.69) is 33.5 Å². The highest BCUT2D eigenvalue weighted by Gasteiger charge is 2.24. The van der Waals surface area contributed by atoms with Crippen molar-refractivity contribution in [3.05, 3.63) is 23.9 Å². The minimum atomic E-state index is 0.179. The molecule has 5 nitrogen and oxygen atoms in total. The van der Waals surface area contributed by atoms with E-state index in [4.69, 9.17) is 0 Å². The van der Waals surface area contributed by atoms with Crippen LogP contribution < -0.4 is 10.6 Å². The molecule has 1 amide bonds. The van der Waals surface area contributed by atoms with Crippen molar-refractivity contribution in [1.29, 1.82) is 0 Å². The summed E-state index contributed by atoms with van der Waals surface area (Å²) in [7, 11) is 1.72. The minimum absolute atomic E-state index is 0.179. The fraction of sp³-hybridized carbons (Fsp3) is 0.625. The smallest absolute Gasteiger partial charge is 0.222 e. The average molecular weight is 290 g/mol. The monoisotopic (exact) mass is 290 g/mol. The number of hydrogen-bond donors (Lipinski definition) is 2. The summed E-state index contributed by atoms with van der Waals surface area (Å²) < 4.78 is 0. The van der Waals surface area contributed by atoms with E-state index in [1.807, 2.05) is 12.3 Å². The molecule has 116 valence electrons. The summed E-state index contributed by atoms with van der Waals surface area (Å²) in [4.78, 5) is 18.5. The number of likely N-dealkylation sites (tertiary alicyclic amines) is 1. The van der Waals surface area contributed by atoms with Gasteiger partial charge in [0.2, 0.25) is 5.91 Å². The molecule has 0 bridgehead atoms. The van der Waals surface area contributed by atoms with Gasteiger partial charge in [0.25, 0.3) is 0 Å². The van der Waals surface area contributed by atoms with Gasteiger partial charge in [-0.3, -0.25) is 9.69 Å². The number of rotatable bonds is 6. The zero-order valence-electron chi connectivity index (χ0n) is 13.1. The summed E-state index contributed by atoms with van der Waals surface area (Å²) in [5.41, 5.74) is 1.24. The van der Waals surface area contributed by atoms with Gasteiger partial charge in [0.15, 0.2) is 0 Å². The van der Waals surface area contributed by atoms with E-state index in [1.54, 1.807) is 7.05 Å². The maximum atomic E-state index is 11.7. The Balaban J connectivity index is 1.90. The molecule has 0 radical (unpaired) electrons. The molecule has 5 heteroatoms. The van der Waals surface area contributed by atoms with Gasteiger partial charge in [0, 0.05) is 37.8 Å². The summed E-state index contributed by atoms with van der Waals surface area (Å²) >= 11 is 0. The van der Waals surface area contributed by atoms with Gasteiger partial charge in [-0.1, -0.05) is 13.0 Å². The first-order chi connectivity index (χ1) is 10.2. The van der Waals surface area contributed by atoms with Crippen molar-refractivity contribution in [1.82, 2.24) is 15.2 Å². The normalized spacial score (nSPS) is 16.7. The Hall–Kier alpha value is -1.62. The number of anilines is 1. The second-order valence-electron chi connectivity index (χ2n) is 5.60. The van der Waals surface area contributed by atoms with Gasteiger partial charge in [-0.15, -0.1) is 0 Å². The zero-order valence-corrected chi connectivity index (χ0v) is 13.1. The molecule has 0 spiro atoms. The molecule has 1 aromatic rings. The Kier molecular flexibility index (Phi) is 5.99. The topological polar surface area (TPSA) is 57.3 Å². The predicted molar refractivity (Wildman–Crippen MR) is 85.1 cm³/mol. The molecule has 1 aromatic heterocycles. The fourth-order valence-corrected chi connectivity index (χ4v) is 2.77. The largest absolute Gasteiger partial charge is 0.370 e. The first kappa shape index (κ1) is 15.8. The number of hydrogen-bond acceptors (Lipinski definition) is 4. The third-order valence-electron chi connectivity index (χ3n) is 4.03. The summed E-state index contributed by atoms with van der Waals surface area (Å²) in [5.74, 6) is 1.35. The number of carbonyl (C=O) groups excluding carboxylic acids is 1. The predicted octanol–water partition coefficient (Wildman–Crippen LogP) is 1.86. The van der Waals surface area contributed by atoms with Crippen LogP contribution in [-0.2, 0) is 11.3 Å². The second-order valence-corrected chi connectivity index (χ2v) is 5.60. The molecule has 0 aromatic carbocycles. The van der Waals surface area contributed by atoms with Crippen molar-refractivity contribution < 1.29 is 4.79 Å². The van der Waals surface area contributed by atoms with Crippen LogP contribution in [0.5, 0.6) is 0 Å². The number of piperidine rings is 1. The number of amides is 1. The third-order valence-corrected chi connectivity index (χ3v) is 4.03. The number of nitrogens with one attached hydrogen (secondary N) is 2. The number of aromatic nitrogens is 1. The molecule has 1 saturated heterocycles. The van der Waals surface area contributed by atoms with Gasteiger partial charge in [-0.25, -0.2) is 4.98 Å².